The van der Waals surface area contributed by atoms with Crippen LogP contribution in [0.15, 0.2) is 42.9 Å². The van der Waals surface area contributed by atoms with Gasteiger partial charge >= 0.3 is 12.1 Å². The van der Waals surface area contributed by atoms with Gasteiger partial charge < -0.3 is 15.2 Å². The van der Waals surface area contributed by atoms with E-state index < -0.39 is 24.2 Å². The van der Waals surface area contributed by atoms with Gasteiger partial charge in [-0.3, -0.25) is 19.7 Å². The van der Waals surface area contributed by atoms with E-state index in [1.807, 2.05) is 12.1 Å². The number of carbonyl (C=O) groups is 2. The zero-order valence-electron chi connectivity index (χ0n) is 13.4. The third kappa shape index (κ3) is 3.86. The first-order valence-electron chi connectivity index (χ1n) is 7.28. The number of rotatable bonds is 4. The summed E-state index contributed by atoms with van der Waals surface area (Å²) < 4.78 is 9.72. The molecule has 0 bridgehead atoms. The molecule has 0 radical (unpaired) electrons. The summed E-state index contributed by atoms with van der Waals surface area (Å²) in [6.45, 7) is 0.156. The maximum absolute atomic E-state index is 12.0. The first kappa shape index (κ1) is 18.6. The minimum atomic E-state index is -1.02. The molecule has 1 aliphatic rings. The molecule has 2 atom stereocenters. The van der Waals surface area contributed by atoms with E-state index in [-0.39, 0.29) is 19.0 Å². The number of pyridine rings is 2. The van der Waals surface area contributed by atoms with Crippen LogP contribution < -0.4 is 10.6 Å². The monoisotopic (exact) mass is 364 g/mol. The predicted molar refractivity (Wildman–Crippen MR) is 92.3 cm³/mol. The molecule has 25 heavy (non-hydrogen) atoms. The minimum absolute atomic E-state index is 0. The Balaban J connectivity index is 0.00000225. The van der Waals surface area contributed by atoms with Gasteiger partial charge in [0, 0.05) is 18.0 Å². The Morgan fingerprint density at radius 2 is 2.20 bits per heavy atom. The Morgan fingerprint density at radius 1 is 1.40 bits per heavy atom. The van der Waals surface area contributed by atoms with Crippen LogP contribution in [-0.4, -0.2) is 47.8 Å². The Morgan fingerprint density at radius 3 is 2.80 bits per heavy atom. The van der Waals surface area contributed by atoms with Gasteiger partial charge in [-0.2, -0.15) is 0 Å². The molecule has 9 heteroatoms. The largest absolute Gasteiger partial charge is 0.468 e. The van der Waals surface area contributed by atoms with E-state index in [4.69, 9.17) is 10.5 Å². The molecule has 2 aromatic rings. The summed E-state index contributed by atoms with van der Waals surface area (Å²) in [6.07, 6.45) is 3.62. The number of esters is 1. The summed E-state index contributed by atoms with van der Waals surface area (Å²) in [5, 5.41) is 0. The standard InChI is InChI=1S/C16H16N4O4.ClH/c1-23-15(21)14(17)13-9-20(16(22)24-13)11-4-5-12(19-8-11)10-3-2-6-18-7-10;/h2-8,13-14H,9,17H2,1H3;1H/t13-,14?;/m0./s1. The van der Waals surface area contributed by atoms with Crippen LogP contribution in [0.25, 0.3) is 11.3 Å². The van der Waals surface area contributed by atoms with E-state index in [1.165, 1.54) is 12.0 Å². The van der Waals surface area contributed by atoms with Crippen molar-refractivity contribution in [3.63, 3.8) is 0 Å². The van der Waals surface area contributed by atoms with Crippen LogP contribution in [0.3, 0.4) is 0 Å². The molecule has 2 aromatic heterocycles. The molecule has 132 valence electrons. The SMILES string of the molecule is COC(=O)C(N)[C@@H]1CN(c2ccc(-c3cccnc3)nc2)C(=O)O1.Cl. The van der Waals surface area contributed by atoms with Crippen LogP contribution in [-0.2, 0) is 14.3 Å². The lowest BCUT2D eigenvalue weighted by Crippen LogP contribution is -2.44. The van der Waals surface area contributed by atoms with E-state index in [1.54, 1.807) is 30.7 Å². The van der Waals surface area contributed by atoms with Crippen molar-refractivity contribution in [2.24, 2.45) is 5.73 Å². The molecule has 3 rings (SSSR count). The van der Waals surface area contributed by atoms with Crippen molar-refractivity contribution in [2.75, 3.05) is 18.6 Å². The minimum Gasteiger partial charge on any atom is -0.468 e. The molecule has 1 aliphatic heterocycles. The first-order chi connectivity index (χ1) is 11.6. The number of hydrogen-bond acceptors (Lipinski definition) is 7. The topological polar surface area (TPSA) is 108 Å². The second-order valence-corrected chi connectivity index (χ2v) is 5.23. The van der Waals surface area contributed by atoms with Crippen molar-refractivity contribution in [1.82, 2.24) is 9.97 Å². The molecule has 2 N–H and O–H groups in total. The molecule has 1 saturated heterocycles. The molecule has 8 nitrogen and oxygen atoms in total. The summed E-state index contributed by atoms with van der Waals surface area (Å²) in [5.74, 6) is -0.625. The number of carbonyl (C=O) groups excluding carboxylic acids is 2. The van der Waals surface area contributed by atoms with Crippen molar-refractivity contribution < 1.29 is 19.1 Å². The molecule has 0 aliphatic carbocycles. The van der Waals surface area contributed by atoms with Gasteiger partial charge in [0.15, 0.2) is 0 Å². The Bertz CT molecular complexity index is 742. The van der Waals surface area contributed by atoms with Gasteiger partial charge in [0.25, 0.3) is 0 Å². The fourth-order valence-corrected chi connectivity index (χ4v) is 2.40. The van der Waals surface area contributed by atoms with Crippen LogP contribution in [0.1, 0.15) is 0 Å². The molecule has 1 fully saturated rings. The van der Waals surface area contributed by atoms with Gasteiger partial charge in [0.05, 0.1) is 31.2 Å². The van der Waals surface area contributed by atoms with Crippen molar-refractivity contribution in [2.45, 2.75) is 12.1 Å². The smallest absolute Gasteiger partial charge is 0.414 e. The molecule has 1 amide bonds. The highest BCUT2D eigenvalue weighted by molar-refractivity contribution is 5.91. The van der Waals surface area contributed by atoms with Gasteiger partial charge in [0.2, 0.25) is 0 Å². The Labute approximate surface area is 150 Å². The van der Waals surface area contributed by atoms with Gasteiger partial charge in [-0.1, -0.05) is 0 Å². The number of nitrogens with zero attached hydrogens (tertiary/aromatic N) is 3. The number of ether oxygens (including phenoxy) is 2. The average molecular weight is 365 g/mol. The van der Waals surface area contributed by atoms with E-state index in [2.05, 4.69) is 14.7 Å². The molecule has 0 saturated carbocycles. The summed E-state index contributed by atoms with van der Waals surface area (Å²) in [7, 11) is 1.23. The Kier molecular flexibility index (Phi) is 5.89. The molecular weight excluding hydrogens is 348 g/mol. The fourth-order valence-electron chi connectivity index (χ4n) is 2.40. The van der Waals surface area contributed by atoms with Gasteiger partial charge in [-0.25, -0.2) is 4.79 Å². The van der Waals surface area contributed by atoms with Crippen LogP contribution in [0.5, 0.6) is 0 Å². The van der Waals surface area contributed by atoms with Crippen molar-refractivity contribution in [1.29, 1.82) is 0 Å². The number of halogens is 1. The highest BCUT2D eigenvalue weighted by Gasteiger charge is 2.39. The van der Waals surface area contributed by atoms with Gasteiger partial charge in [0.1, 0.15) is 12.1 Å². The Hall–Kier alpha value is -2.71. The molecule has 0 aromatic carbocycles. The van der Waals surface area contributed by atoms with Crippen LogP contribution in [0.4, 0.5) is 10.5 Å². The number of aromatic nitrogens is 2. The van der Waals surface area contributed by atoms with Gasteiger partial charge in [-0.15, -0.1) is 12.4 Å². The van der Waals surface area contributed by atoms with Crippen molar-refractivity contribution in [3.05, 3.63) is 42.9 Å². The van der Waals surface area contributed by atoms with Crippen molar-refractivity contribution in [3.8, 4) is 11.3 Å². The summed E-state index contributed by atoms with van der Waals surface area (Å²) in [5.41, 5.74) is 7.91. The van der Waals surface area contributed by atoms with Crippen molar-refractivity contribution >= 4 is 30.2 Å². The highest BCUT2D eigenvalue weighted by atomic mass is 35.5. The third-order valence-electron chi connectivity index (χ3n) is 3.73. The second kappa shape index (κ2) is 7.91. The fraction of sp³-hybridized carbons (Fsp3) is 0.250. The van der Waals surface area contributed by atoms with Gasteiger partial charge in [-0.05, 0) is 24.3 Å². The quantitative estimate of drug-likeness (QED) is 0.816. The normalized spacial score (nSPS) is 17.4. The summed E-state index contributed by atoms with van der Waals surface area (Å²) in [6, 6.07) is 6.23. The lowest BCUT2D eigenvalue weighted by atomic mass is 10.1. The number of methoxy groups -OCH3 is 1. The lowest BCUT2D eigenvalue weighted by molar-refractivity contribution is -0.144. The van der Waals surface area contributed by atoms with E-state index in [9.17, 15) is 9.59 Å². The molecule has 1 unspecified atom stereocenters. The number of amides is 1. The zero-order chi connectivity index (χ0) is 17.1. The number of cyclic esters (lactones) is 1. The first-order valence-corrected chi connectivity index (χ1v) is 7.28. The summed E-state index contributed by atoms with van der Waals surface area (Å²) in [4.78, 5) is 33.3. The van der Waals surface area contributed by atoms with E-state index in [0.29, 0.717) is 5.69 Å². The lowest BCUT2D eigenvalue weighted by Gasteiger charge is -2.15. The van der Waals surface area contributed by atoms with Crippen LogP contribution in [0.2, 0.25) is 0 Å². The predicted octanol–water partition coefficient (Wildman–Crippen LogP) is 1.39. The van der Waals surface area contributed by atoms with Crippen LogP contribution in [0, 0.1) is 0 Å². The number of nitrogens with two attached hydrogens (primary N) is 1. The number of hydrogen-bond donors (Lipinski definition) is 1. The zero-order valence-corrected chi connectivity index (χ0v) is 14.2. The second-order valence-electron chi connectivity index (χ2n) is 5.23. The third-order valence-corrected chi connectivity index (χ3v) is 3.73. The number of anilines is 1. The maximum Gasteiger partial charge on any atom is 0.414 e. The highest BCUT2D eigenvalue weighted by Crippen LogP contribution is 2.24. The molecule has 0 spiro atoms. The van der Waals surface area contributed by atoms with Crippen LogP contribution >= 0.6 is 12.4 Å². The molecular formula is C16H17ClN4O4. The van der Waals surface area contributed by atoms with E-state index >= 15 is 0 Å². The maximum atomic E-state index is 12.0. The molecule has 3 heterocycles. The van der Waals surface area contributed by atoms with E-state index in [0.717, 1.165) is 11.3 Å². The average Bonchev–Trinajstić information content (AvgIpc) is 3.03. The summed E-state index contributed by atoms with van der Waals surface area (Å²) >= 11 is 0.